The molecule has 8 nitrogen and oxygen atoms in total. The van der Waals surface area contributed by atoms with E-state index < -0.39 is 10.0 Å². The molecule has 0 aliphatic rings. The van der Waals surface area contributed by atoms with E-state index in [9.17, 15) is 8.42 Å². The highest BCUT2D eigenvalue weighted by atomic mass is 32.2. The van der Waals surface area contributed by atoms with Crippen LogP contribution >= 0.6 is 0 Å². The molecule has 0 aromatic carbocycles. The first-order valence-electron chi connectivity index (χ1n) is 5.44. The van der Waals surface area contributed by atoms with Gasteiger partial charge in [0.2, 0.25) is 5.88 Å². The molecule has 9 heteroatoms. The molecular formula is C11H12N4O4S. The van der Waals surface area contributed by atoms with Crippen LogP contribution in [0.15, 0.2) is 35.6 Å². The molecular weight excluding hydrogens is 284 g/mol. The highest BCUT2D eigenvalue weighted by Gasteiger charge is 2.18. The van der Waals surface area contributed by atoms with Crippen molar-refractivity contribution in [2.75, 3.05) is 18.9 Å². The monoisotopic (exact) mass is 296 g/mol. The van der Waals surface area contributed by atoms with Crippen molar-refractivity contribution in [1.82, 2.24) is 15.0 Å². The molecule has 106 valence electrons. The van der Waals surface area contributed by atoms with E-state index in [2.05, 4.69) is 19.7 Å². The number of sulfonamides is 1. The second-order valence-electron chi connectivity index (χ2n) is 3.57. The maximum atomic E-state index is 12.1. The molecule has 0 amide bonds. The number of hydrogen-bond donors (Lipinski definition) is 1. The van der Waals surface area contributed by atoms with Crippen molar-refractivity contribution in [2.24, 2.45) is 0 Å². The first-order valence-corrected chi connectivity index (χ1v) is 6.93. The van der Waals surface area contributed by atoms with Gasteiger partial charge >= 0.3 is 6.01 Å². The van der Waals surface area contributed by atoms with Crippen LogP contribution in [-0.4, -0.2) is 37.6 Å². The first-order chi connectivity index (χ1) is 9.56. The lowest BCUT2D eigenvalue weighted by Crippen LogP contribution is -2.14. The summed E-state index contributed by atoms with van der Waals surface area (Å²) in [5, 5.41) is 0. The lowest BCUT2D eigenvalue weighted by atomic mass is 10.5. The summed E-state index contributed by atoms with van der Waals surface area (Å²) in [5.41, 5.74) is 0.108. The molecule has 0 radical (unpaired) electrons. The van der Waals surface area contributed by atoms with E-state index in [4.69, 9.17) is 9.47 Å². The van der Waals surface area contributed by atoms with Crippen LogP contribution < -0.4 is 14.2 Å². The molecule has 0 saturated carbocycles. The number of nitrogens with one attached hydrogen (secondary N) is 1. The third-order valence-electron chi connectivity index (χ3n) is 2.30. The lowest BCUT2D eigenvalue weighted by Gasteiger charge is -2.10. The molecule has 20 heavy (non-hydrogen) atoms. The molecule has 0 atom stereocenters. The van der Waals surface area contributed by atoms with Crippen LogP contribution in [0, 0.1) is 0 Å². The van der Waals surface area contributed by atoms with Gasteiger partial charge in [-0.25, -0.2) is 13.4 Å². The fraction of sp³-hybridized carbons (Fsp3) is 0.182. The van der Waals surface area contributed by atoms with Crippen molar-refractivity contribution in [1.29, 1.82) is 0 Å². The van der Waals surface area contributed by atoms with Crippen molar-refractivity contribution in [3.8, 4) is 11.9 Å². The Kier molecular flexibility index (Phi) is 3.99. The van der Waals surface area contributed by atoms with Gasteiger partial charge in [-0.2, -0.15) is 4.98 Å². The zero-order chi connectivity index (χ0) is 14.6. The number of hydrogen-bond acceptors (Lipinski definition) is 7. The molecule has 2 aromatic rings. The van der Waals surface area contributed by atoms with Gasteiger partial charge in [0.25, 0.3) is 10.0 Å². The number of nitrogens with zero attached hydrogens (tertiary/aromatic N) is 3. The highest BCUT2D eigenvalue weighted by molar-refractivity contribution is 7.92. The SMILES string of the molecule is COc1ncc(NS(=O)(=O)c2cccnc2)c(OC)n1. The molecule has 0 aliphatic carbocycles. The third-order valence-corrected chi connectivity index (χ3v) is 3.65. The summed E-state index contributed by atoms with van der Waals surface area (Å²) in [5.74, 6) is 0.0596. The standard InChI is InChI=1S/C11H12N4O4S/c1-18-10-9(7-13-11(14-10)19-2)15-20(16,17)8-4-3-5-12-6-8/h3-7,15H,1-2H3. The zero-order valence-corrected chi connectivity index (χ0v) is 11.6. The van der Waals surface area contributed by atoms with Gasteiger partial charge in [-0.15, -0.1) is 0 Å². The van der Waals surface area contributed by atoms with Crippen LogP contribution in [0.25, 0.3) is 0 Å². The molecule has 0 fully saturated rings. The first kappa shape index (κ1) is 14.0. The normalized spacial score (nSPS) is 10.9. The number of methoxy groups -OCH3 is 2. The molecule has 0 saturated heterocycles. The average molecular weight is 296 g/mol. The predicted octanol–water partition coefficient (Wildman–Crippen LogP) is 0.690. The number of aromatic nitrogens is 3. The Hall–Kier alpha value is -2.42. The summed E-state index contributed by atoms with van der Waals surface area (Å²) in [4.78, 5) is 11.5. The summed E-state index contributed by atoms with van der Waals surface area (Å²) >= 11 is 0. The van der Waals surface area contributed by atoms with Gasteiger partial charge in [0, 0.05) is 12.4 Å². The van der Waals surface area contributed by atoms with E-state index in [0.29, 0.717) is 0 Å². The molecule has 2 heterocycles. The molecule has 2 aromatic heterocycles. The summed E-state index contributed by atoms with van der Waals surface area (Å²) in [7, 11) is -1.02. The van der Waals surface area contributed by atoms with Gasteiger partial charge in [0.05, 0.1) is 20.4 Å². The highest BCUT2D eigenvalue weighted by Crippen LogP contribution is 2.25. The summed E-state index contributed by atoms with van der Waals surface area (Å²) in [6.07, 6.45) is 3.98. The van der Waals surface area contributed by atoms with Crippen molar-refractivity contribution >= 4 is 15.7 Å². The second-order valence-corrected chi connectivity index (χ2v) is 5.26. The van der Waals surface area contributed by atoms with E-state index >= 15 is 0 Å². The van der Waals surface area contributed by atoms with Crippen LogP contribution in [0.1, 0.15) is 0 Å². The number of pyridine rings is 1. The Morgan fingerprint density at radius 2 is 2.00 bits per heavy atom. The maximum absolute atomic E-state index is 12.1. The van der Waals surface area contributed by atoms with Gasteiger partial charge in [0.1, 0.15) is 10.6 Å². The molecule has 0 unspecified atom stereocenters. The molecule has 2 rings (SSSR count). The van der Waals surface area contributed by atoms with E-state index in [0.717, 1.165) is 0 Å². The largest absolute Gasteiger partial charge is 0.479 e. The van der Waals surface area contributed by atoms with Gasteiger partial charge in [-0.3, -0.25) is 9.71 Å². The Labute approximate surface area is 115 Å². The van der Waals surface area contributed by atoms with Gasteiger partial charge in [-0.05, 0) is 12.1 Å². The van der Waals surface area contributed by atoms with Crippen LogP contribution in [-0.2, 0) is 10.0 Å². The fourth-order valence-corrected chi connectivity index (χ4v) is 2.39. The molecule has 0 spiro atoms. The smallest absolute Gasteiger partial charge is 0.319 e. The molecule has 1 N–H and O–H groups in total. The number of anilines is 1. The van der Waals surface area contributed by atoms with Crippen molar-refractivity contribution in [3.63, 3.8) is 0 Å². The van der Waals surface area contributed by atoms with Gasteiger partial charge in [-0.1, -0.05) is 0 Å². The topological polar surface area (TPSA) is 103 Å². The Morgan fingerprint density at radius 1 is 1.20 bits per heavy atom. The zero-order valence-electron chi connectivity index (χ0n) is 10.8. The van der Waals surface area contributed by atoms with Crippen LogP contribution in [0.4, 0.5) is 5.69 Å². The lowest BCUT2D eigenvalue weighted by molar-refractivity contribution is 0.353. The molecule has 0 aliphatic heterocycles. The van der Waals surface area contributed by atoms with Crippen molar-refractivity contribution in [2.45, 2.75) is 4.90 Å². The number of ether oxygens (including phenoxy) is 2. The maximum Gasteiger partial charge on any atom is 0.319 e. The summed E-state index contributed by atoms with van der Waals surface area (Å²) < 4.78 is 36.4. The van der Waals surface area contributed by atoms with E-state index in [1.165, 1.54) is 44.9 Å². The Bertz CT molecular complexity index is 691. The Morgan fingerprint density at radius 3 is 2.60 bits per heavy atom. The molecule has 0 bridgehead atoms. The van der Waals surface area contributed by atoms with Gasteiger partial charge in [0.15, 0.2) is 0 Å². The predicted molar refractivity (Wildman–Crippen MR) is 70.2 cm³/mol. The van der Waals surface area contributed by atoms with Crippen LogP contribution in [0.5, 0.6) is 11.9 Å². The minimum absolute atomic E-state index is 0.0258. The third kappa shape index (κ3) is 2.94. The quantitative estimate of drug-likeness (QED) is 0.865. The summed E-state index contributed by atoms with van der Waals surface area (Å²) in [6, 6.07) is 3.02. The van der Waals surface area contributed by atoms with Crippen LogP contribution in [0.3, 0.4) is 0 Å². The van der Waals surface area contributed by atoms with Crippen molar-refractivity contribution in [3.05, 3.63) is 30.7 Å². The average Bonchev–Trinajstić information content (AvgIpc) is 2.48. The van der Waals surface area contributed by atoms with Crippen LogP contribution in [0.2, 0.25) is 0 Å². The fourth-order valence-electron chi connectivity index (χ4n) is 1.38. The van der Waals surface area contributed by atoms with Gasteiger partial charge < -0.3 is 9.47 Å². The van der Waals surface area contributed by atoms with E-state index in [1.54, 1.807) is 0 Å². The van der Waals surface area contributed by atoms with E-state index in [1.807, 2.05) is 0 Å². The second kappa shape index (κ2) is 5.70. The minimum Gasteiger partial charge on any atom is -0.479 e. The Balaban J connectivity index is 2.35. The van der Waals surface area contributed by atoms with Crippen molar-refractivity contribution < 1.29 is 17.9 Å². The number of rotatable bonds is 5. The van der Waals surface area contributed by atoms with E-state index in [-0.39, 0.29) is 22.5 Å². The summed E-state index contributed by atoms with van der Waals surface area (Å²) in [6.45, 7) is 0. The minimum atomic E-state index is -3.78.